The molecule has 3 aromatic rings. The molecule has 0 radical (unpaired) electrons. The minimum atomic E-state index is 0.862. The van der Waals surface area contributed by atoms with Gasteiger partial charge in [0.25, 0.3) is 0 Å². The molecule has 0 aromatic heterocycles. The Morgan fingerprint density at radius 1 is 0.692 bits per heavy atom. The normalized spacial score (nSPS) is 13.6. The Morgan fingerprint density at radius 2 is 1.23 bits per heavy atom. The molecule has 3 aromatic carbocycles. The Morgan fingerprint density at radius 3 is 1.77 bits per heavy atom. The van der Waals surface area contributed by atoms with Gasteiger partial charge < -0.3 is 0 Å². The SMILES string of the molecule is Cc1ccc(C(=C2CCN=C2c2ccccc2)c2ccc(C)cc2)cc1. The summed E-state index contributed by atoms with van der Waals surface area (Å²) in [6, 6.07) is 28.3. The van der Waals surface area contributed by atoms with E-state index >= 15 is 0 Å². The Kier molecular flexibility index (Phi) is 4.53. The van der Waals surface area contributed by atoms with Crippen molar-refractivity contribution in [2.75, 3.05) is 6.54 Å². The molecule has 0 bridgehead atoms. The van der Waals surface area contributed by atoms with Crippen LogP contribution in [-0.4, -0.2) is 12.3 Å². The first-order chi connectivity index (χ1) is 12.7. The number of hydrogen-bond donors (Lipinski definition) is 0. The van der Waals surface area contributed by atoms with E-state index in [9.17, 15) is 0 Å². The number of rotatable bonds is 3. The number of hydrogen-bond acceptors (Lipinski definition) is 1. The van der Waals surface area contributed by atoms with Crippen LogP contribution in [0.25, 0.3) is 5.57 Å². The molecule has 0 unspecified atom stereocenters. The summed E-state index contributed by atoms with van der Waals surface area (Å²) in [5.41, 5.74) is 10.1. The summed E-state index contributed by atoms with van der Waals surface area (Å²) < 4.78 is 0. The van der Waals surface area contributed by atoms with Gasteiger partial charge in [-0.1, -0.05) is 90.0 Å². The Balaban J connectivity index is 1.92. The standard InChI is InChI=1S/C25H23N/c1-18-8-12-20(13-9-18)24(21-14-10-19(2)11-15-21)23-16-17-26-25(23)22-6-4-3-5-7-22/h3-15H,16-17H2,1-2H3. The van der Waals surface area contributed by atoms with Crippen molar-refractivity contribution >= 4 is 11.3 Å². The molecule has 4 rings (SSSR count). The molecule has 0 aliphatic carbocycles. The van der Waals surface area contributed by atoms with Crippen LogP contribution in [0.4, 0.5) is 0 Å². The minimum Gasteiger partial charge on any atom is -0.284 e. The van der Waals surface area contributed by atoms with Crippen LogP contribution in [0.15, 0.2) is 89.4 Å². The first-order valence-corrected chi connectivity index (χ1v) is 9.20. The number of aryl methyl sites for hydroxylation is 2. The molecule has 1 heteroatoms. The zero-order chi connectivity index (χ0) is 17.9. The summed E-state index contributed by atoms with van der Waals surface area (Å²) in [6.45, 7) is 5.13. The first-order valence-electron chi connectivity index (χ1n) is 9.20. The van der Waals surface area contributed by atoms with E-state index in [0.717, 1.165) is 18.7 Å². The lowest BCUT2D eigenvalue weighted by Crippen LogP contribution is -2.05. The van der Waals surface area contributed by atoms with Crippen LogP contribution in [0.5, 0.6) is 0 Å². The maximum absolute atomic E-state index is 4.85. The highest BCUT2D eigenvalue weighted by Crippen LogP contribution is 2.33. The van der Waals surface area contributed by atoms with Crippen LogP contribution >= 0.6 is 0 Å². The van der Waals surface area contributed by atoms with Gasteiger partial charge in [-0.3, -0.25) is 4.99 Å². The highest BCUT2D eigenvalue weighted by molar-refractivity contribution is 6.19. The lowest BCUT2D eigenvalue weighted by molar-refractivity contribution is 1.04. The molecule has 0 saturated carbocycles. The van der Waals surface area contributed by atoms with E-state index in [-0.39, 0.29) is 0 Å². The largest absolute Gasteiger partial charge is 0.284 e. The average molecular weight is 337 g/mol. The molecule has 1 aliphatic rings. The lowest BCUT2D eigenvalue weighted by atomic mass is 9.88. The quantitative estimate of drug-likeness (QED) is 0.556. The fourth-order valence-corrected chi connectivity index (χ4v) is 3.55. The van der Waals surface area contributed by atoms with Gasteiger partial charge in [-0.25, -0.2) is 0 Å². The van der Waals surface area contributed by atoms with E-state index in [1.807, 2.05) is 0 Å². The lowest BCUT2D eigenvalue weighted by Gasteiger charge is -2.15. The molecular weight excluding hydrogens is 314 g/mol. The van der Waals surface area contributed by atoms with Crippen molar-refractivity contribution < 1.29 is 0 Å². The van der Waals surface area contributed by atoms with Gasteiger partial charge in [0.05, 0.1) is 5.71 Å². The summed E-state index contributed by atoms with van der Waals surface area (Å²) in [6.07, 6.45) is 0.987. The van der Waals surface area contributed by atoms with Gasteiger partial charge in [0.2, 0.25) is 0 Å². The zero-order valence-corrected chi connectivity index (χ0v) is 15.4. The summed E-state index contributed by atoms with van der Waals surface area (Å²) in [5.74, 6) is 0. The second-order valence-electron chi connectivity index (χ2n) is 6.93. The molecular formula is C25H23N. The van der Waals surface area contributed by atoms with E-state index in [4.69, 9.17) is 4.99 Å². The minimum absolute atomic E-state index is 0.862. The predicted octanol–water partition coefficient (Wildman–Crippen LogP) is 6.00. The van der Waals surface area contributed by atoms with E-state index < -0.39 is 0 Å². The van der Waals surface area contributed by atoms with Crippen LogP contribution in [0, 0.1) is 13.8 Å². The van der Waals surface area contributed by atoms with E-state index in [2.05, 4.69) is 92.7 Å². The van der Waals surface area contributed by atoms with Crippen molar-refractivity contribution in [2.45, 2.75) is 20.3 Å². The van der Waals surface area contributed by atoms with Gasteiger partial charge in [0.1, 0.15) is 0 Å². The van der Waals surface area contributed by atoms with Gasteiger partial charge in [0.15, 0.2) is 0 Å². The van der Waals surface area contributed by atoms with Crippen molar-refractivity contribution in [1.82, 2.24) is 0 Å². The monoisotopic (exact) mass is 337 g/mol. The summed E-state index contributed by atoms with van der Waals surface area (Å²) in [7, 11) is 0. The molecule has 1 heterocycles. The maximum atomic E-state index is 4.85. The van der Waals surface area contributed by atoms with Crippen molar-refractivity contribution in [3.63, 3.8) is 0 Å². The third-order valence-corrected chi connectivity index (χ3v) is 4.95. The molecule has 0 spiro atoms. The predicted molar refractivity (Wildman–Crippen MR) is 111 cm³/mol. The molecule has 0 atom stereocenters. The average Bonchev–Trinajstić information content (AvgIpc) is 3.15. The first kappa shape index (κ1) is 16.5. The third kappa shape index (κ3) is 3.25. The maximum Gasteiger partial charge on any atom is 0.0685 e. The molecule has 0 saturated heterocycles. The van der Waals surface area contributed by atoms with E-state index in [1.54, 1.807) is 0 Å². The fraction of sp³-hybridized carbons (Fsp3) is 0.160. The second kappa shape index (κ2) is 7.13. The summed E-state index contributed by atoms with van der Waals surface area (Å²) in [5, 5.41) is 0. The van der Waals surface area contributed by atoms with Gasteiger partial charge in [-0.2, -0.15) is 0 Å². The van der Waals surface area contributed by atoms with Gasteiger partial charge in [-0.15, -0.1) is 0 Å². The van der Waals surface area contributed by atoms with Crippen LogP contribution in [0.2, 0.25) is 0 Å². The van der Waals surface area contributed by atoms with Crippen molar-refractivity contribution in [2.24, 2.45) is 4.99 Å². The molecule has 1 nitrogen and oxygen atoms in total. The fourth-order valence-electron chi connectivity index (χ4n) is 3.55. The molecule has 0 fully saturated rings. The number of aliphatic imine (C=N–C) groups is 1. The van der Waals surface area contributed by atoms with E-state index in [1.165, 1.54) is 39.0 Å². The van der Waals surface area contributed by atoms with Crippen LogP contribution in [0.3, 0.4) is 0 Å². The molecule has 0 N–H and O–H groups in total. The third-order valence-electron chi connectivity index (χ3n) is 4.95. The topological polar surface area (TPSA) is 12.4 Å². The van der Waals surface area contributed by atoms with Crippen molar-refractivity contribution in [3.8, 4) is 0 Å². The van der Waals surface area contributed by atoms with Gasteiger partial charge in [0, 0.05) is 6.54 Å². The summed E-state index contributed by atoms with van der Waals surface area (Å²) >= 11 is 0. The molecule has 26 heavy (non-hydrogen) atoms. The highest BCUT2D eigenvalue weighted by atomic mass is 14.8. The molecule has 128 valence electrons. The smallest absolute Gasteiger partial charge is 0.0685 e. The van der Waals surface area contributed by atoms with E-state index in [0.29, 0.717) is 0 Å². The van der Waals surface area contributed by atoms with Crippen LogP contribution in [0.1, 0.15) is 34.2 Å². The molecule has 0 amide bonds. The van der Waals surface area contributed by atoms with Crippen LogP contribution in [-0.2, 0) is 0 Å². The number of nitrogens with zero attached hydrogens (tertiary/aromatic N) is 1. The zero-order valence-electron chi connectivity index (χ0n) is 15.4. The number of benzene rings is 3. The summed E-state index contributed by atoms with van der Waals surface area (Å²) in [4.78, 5) is 4.85. The van der Waals surface area contributed by atoms with Gasteiger partial charge >= 0.3 is 0 Å². The Labute approximate surface area is 155 Å². The highest BCUT2D eigenvalue weighted by Gasteiger charge is 2.21. The Bertz CT molecular complexity index is 911. The van der Waals surface area contributed by atoms with Gasteiger partial charge in [-0.05, 0) is 48.1 Å². The van der Waals surface area contributed by atoms with Crippen molar-refractivity contribution in [1.29, 1.82) is 0 Å². The van der Waals surface area contributed by atoms with Crippen molar-refractivity contribution in [3.05, 3.63) is 112 Å². The second-order valence-corrected chi connectivity index (χ2v) is 6.93. The molecule has 1 aliphatic heterocycles. The Hall–Kier alpha value is -2.93. The van der Waals surface area contributed by atoms with Crippen LogP contribution < -0.4 is 0 Å².